The summed E-state index contributed by atoms with van der Waals surface area (Å²) in [6.07, 6.45) is 1.01. The van der Waals surface area contributed by atoms with E-state index in [9.17, 15) is 9.59 Å². The van der Waals surface area contributed by atoms with E-state index in [0.717, 1.165) is 13.0 Å². The molecule has 3 atom stereocenters. The Kier molecular flexibility index (Phi) is 7.02. The van der Waals surface area contributed by atoms with E-state index in [-0.39, 0.29) is 23.0 Å². The molecule has 0 aliphatic carbocycles. The first-order chi connectivity index (χ1) is 13.0. The maximum Gasteiger partial charge on any atom is 0.226 e. The molecule has 0 saturated carbocycles. The zero-order chi connectivity index (χ0) is 19.2. The van der Waals surface area contributed by atoms with Gasteiger partial charge >= 0.3 is 0 Å². The third-order valence-corrected chi connectivity index (χ3v) is 7.14. The SMILES string of the molecule is CC(CSC(=O)c1ccccc1)C(=O)N1CC(Sc2ccccc2)CC1C. The van der Waals surface area contributed by atoms with E-state index < -0.39 is 0 Å². The summed E-state index contributed by atoms with van der Waals surface area (Å²) < 4.78 is 0. The quantitative estimate of drug-likeness (QED) is 0.687. The molecule has 0 N–H and O–H groups in total. The molecule has 2 aromatic carbocycles. The number of thioether (sulfide) groups is 2. The number of amides is 1. The number of benzene rings is 2. The van der Waals surface area contributed by atoms with Crippen LogP contribution in [-0.2, 0) is 4.79 Å². The Morgan fingerprint density at radius 2 is 1.70 bits per heavy atom. The maximum atomic E-state index is 12.9. The van der Waals surface area contributed by atoms with Crippen molar-refractivity contribution in [3.63, 3.8) is 0 Å². The largest absolute Gasteiger partial charge is 0.339 e. The van der Waals surface area contributed by atoms with Crippen LogP contribution in [-0.4, -0.2) is 39.5 Å². The summed E-state index contributed by atoms with van der Waals surface area (Å²) in [5.41, 5.74) is 0.691. The van der Waals surface area contributed by atoms with E-state index in [1.165, 1.54) is 16.7 Å². The van der Waals surface area contributed by atoms with Crippen molar-refractivity contribution < 1.29 is 9.59 Å². The highest BCUT2D eigenvalue weighted by Crippen LogP contribution is 2.33. The van der Waals surface area contributed by atoms with Gasteiger partial charge in [0, 0.05) is 40.0 Å². The van der Waals surface area contributed by atoms with Gasteiger partial charge in [0.05, 0.1) is 0 Å². The number of carbonyl (C=O) groups is 2. The van der Waals surface area contributed by atoms with Crippen LogP contribution in [0.25, 0.3) is 0 Å². The smallest absolute Gasteiger partial charge is 0.226 e. The number of hydrogen-bond donors (Lipinski definition) is 0. The molecule has 0 aromatic heterocycles. The van der Waals surface area contributed by atoms with Gasteiger partial charge < -0.3 is 4.90 Å². The highest BCUT2D eigenvalue weighted by Gasteiger charge is 2.34. The van der Waals surface area contributed by atoms with Crippen molar-refractivity contribution in [2.75, 3.05) is 12.3 Å². The number of nitrogens with zero attached hydrogens (tertiary/aromatic N) is 1. The molecule has 1 saturated heterocycles. The number of carbonyl (C=O) groups excluding carboxylic acids is 2. The van der Waals surface area contributed by atoms with E-state index >= 15 is 0 Å². The van der Waals surface area contributed by atoms with E-state index in [4.69, 9.17) is 0 Å². The molecule has 27 heavy (non-hydrogen) atoms. The Hall–Kier alpha value is -1.72. The molecule has 5 heteroatoms. The summed E-state index contributed by atoms with van der Waals surface area (Å²) in [6, 6.07) is 19.8. The van der Waals surface area contributed by atoms with Crippen LogP contribution in [0.3, 0.4) is 0 Å². The molecule has 1 aliphatic heterocycles. The fourth-order valence-corrected chi connectivity index (χ4v) is 5.43. The third-order valence-electron chi connectivity index (χ3n) is 4.76. The monoisotopic (exact) mass is 399 g/mol. The van der Waals surface area contributed by atoms with Crippen molar-refractivity contribution in [1.29, 1.82) is 0 Å². The summed E-state index contributed by atoms with van der Waals surface area (Å²) in [5, 5.41) is 0.458. The van der Waals surface area contributed by atoms with Gasteiger partial charge in [-0.3, -0.25) is 9.59 Å². The predicted molar refractivity (Wildman–Crippen MR) is 114 cm³/mol. The molecule has 1 fully saturated rings. The zero-order valence-electron chi connectivity index (χ0n) is 15.7. The van der Waals surface area contributed by atoms with Gasteiger partial charge in [-0.1, -0.05) is 67.2 Å². The van der Waals surface area contributed by atoms with Crippen molar-refractivity contribution in [2.24, 2.45) is 5.92 Å². The third kappa shape index (κ3) is 5.39. The first kappa shape index (κ1) is 20.0. The summed E-state index contributed by atoms with van der Waals surface area (Å²) in [5.74, 6) is 0.518. The molecule has 0 bridgehead atoms. The van der Waals surface area contributed by atoms with Crippen LogP contribution in [0.5, 0.6) is 0 Å². The molecule has 0 spiro atoms. The summed E-state index contributed by atoms with van der Waals surface area (Å²) in [7, 11) is 0. The van der Waals surface area contributed by atoms with Crippen LogP contribution in [0.2, 0.25) is 0 Å². The van der Waals surface area contributed by atoms with Gasteiger partial charge in [-0.25, -0.2) is 0 Å². The normalized spacial score (nSPS) is 20.4. The van der Waals surface area contributed by atoms with E-state index in [0.29, 0.717) is 16.6 Å². The van der Waals surface area contributed by atoms with Crippen LogP contribution in [0.1, 0.15) is 30.6 Å². The lowest BCUT2D eigenvalue weighted by Crippen LogP contribution is -2.38. The van der Waals surface area contributed by atoms with Crippen molar-refractivity contribution in [1.82, 2.24) is 4.90 Å². The topological polar surface area (TPSA) is 37.4 Å². The molecule has 1 amide bonds. The number of hydrogen-bond acceptors (Lipinski definition) is 4. The van der Waals surface area contributed by atoms with Crippen molar-refractivity contribution in [2.45, 2.75) is 36.5 Å². The Bertz CT molecular complexity index is 766. The highest BCUT2D eigenvalue weighted by atomic mass is 32.2. The van der Waals surface area contributed by atoms with E-state index in [1.807, 2.05) is 72.1 Å². The van der Waals surface area contributed by atoms with Crippen LogP contribution in [0.4, 0.5) is 0 Å². The van der Waals surface area contributed by atoms with Crippen LogP contribution in [0, 0.1) is 5.92 Å². The summed E-state index contributed by atoms with van der Waals surface area (Å²) >= 11 is 3.09. The Morgan fingerprint density at radius 3 is 2.37 bits per heavy atom. The fraction of sp³-hybridized carbons (Fsp3) is 0.364. The van der Waals surface area contributed by atoms with Crippen LogP contribution < -0.4 is 0 Å². The second kappa shape index (κ2) is 9.47. The highest BCUT2D eigenvalue weighted by molar-refractivity contribution is 8.14. The predicted octanol–water partition coefficient (Wildman–Crippen LogP) is 4.98. The average Bonchev–Trinajstić information content (AvgIpc) is 3.06. The first-order valence-corrected chi connectivity index (χ1v) is 11.2. The minimum Gasteiger partial charge on any atom is -0.339 e. The van der Waals surface area contributed by atoms with Crippen LogP contribution >= 0.6 is 23.5 Å². The maximum absolute atomic E-state index is 12.9. The standard InChI is InChI=1S/C22H25NO2S2/c1-16(15-26-22(25)18-9-5-3-6-10-18)21(24)23-14-20(13-17(23)2)27-19-11-7-4-8-12-19/h3-12,16-17,20H,13-15H2,1-2H3. The Balaban J connectivity index is 1.51. The van der Waals surface area contributed by atoms with E-state index in [2.05, 4.69) is 19.1 Å². The van der Waals surface area contributed by atoms with Crippen molar-refractivity contribution in [3.05, 3.63) is 66.2 Å². The first-order valence-electron chi connectivity index (χ1n) is 9.29. The molecule has 2 aromatic rings. The lowest BCUT2D eigenvalue weighted by atomic mass is 10.1. The van der Waals surface area contributed by atoms with Gasteiger partial charge in [0.15, 0.2) is 0 Å². The number of rotatable bonds is 6. The molecule has 142 valence electrons. The molecule has 3 unspecified atom stereocenters. The van der Waals surface area contributed by atoms with E-state index in [1.54, 1.807) is 0 Å². The molecule has 1 aliphatic rings. The molecule has 3 rings (SSSR count). The van der Waals surface area contributed by atoms with Gasteiger partial charge in [-0.05, 0) is 25.5 Å². The lowest BCUT2D eigenvalue weighted by molar-refractivity contribution is -0.134. The fourth-order valence-electron chi connectivity index (χ4n) is 3.28. The van der Waals surface area contributed by atoms with Gasteiger partial charge in [0.25, 0.3) is 0 Å². The zero-order valence-corrected chi connectivity index (χ0v) is 17.3. The Morgan fingerprint density at radius 1 is 1.07 bits per heavy atom. The van der Waals surface area contributed by atoms with Gasteiger partial charge in [0.1, 0.15) is 0 Å². The lowest BCUT2D eigenvalue weighted by Gasteiger charge is -2.24. The van der Waals surface area contributed by atoms with Gasteiger partial charge in [0.2, 0.25) is 11.0 Å². The molecular weight excluding hydrogens is 374 g/mol. The Labute approximate surface area is 169 Å². The molecule has 1 heterocycles. The second-order valence-electron chi connectivity index (χ2n) is 6.99. The number of likely N-dealkylation sites (tertiary alicyclic amines) is 1. The second-order valence-corrected chi connectivity index (χ2v) is 9.36. The minimum atomic E-state index is -0.161. The minimum absolute atomic E-state index is 0.0298. The van der Waals surface area contributed by atoms with Crippen molar-refractivity contribution >= 4 is 34.5 Å². The van der Waals surface area contributed by atoms with Gasteiger partial charge in [-0.2, -0.15) is 0 Å². The molecular formula is C22H25NO2S2. The van der Waals surface area contributed by atoms with Gasteiger partial charge in [-0.15, -0.1) is 11.8 Å². The molecule has 3 nitrogen and oxygen atoms in total. The summed E-state index contributed by atoms with van der Waals surface area (Å²) in [6.45, 7) is 4.83. The van der Waals surface area contributed by atoms with Crippen LogP contribution in [0.15, 0.2) is 65.6 Å². The summed E-state index contributed by atoms with van der Waals surface area (Å²) in [4.78, 5) is 28.4. The van der Waals surface area contributed by atoms with Crippen molar-refractivity contribution in [3.8, 4) is 0 Å². The average molecular weight is 400 g/mol. The molecule has 0 radical (unpaired) electrons.